The van der Waals surface area contributed by atoms with E-state index >= 15 is 0 Å². The van der Waals surface area contributed by atoms with E-state index in [1.165, 1.54) is 5.57 Å². The van der Waals surface area contributed by atoms with Gasteiger partial charge < -0.3 is 5.73 Å². The van der Waals surface area contributed by atoms with Gasteiger partial charge in [0.05, 0.1) is 0 Å². The van der Waals surface area contributed by atoms with Gasteiger partial charge >= 0.3 is 0 Å². The first-order valence-corrected chi connectivity index (χ1v) is 9.05. The van der Waals surface area contributed by atoms with E-state index in [4.69, 9.17) is 5.73 Å². The summed E-state index contributed by atoms with van der Waals surface area (Å²) < 4.78 is 0. The topological polar surface area (TPSA) is 26.0 Å². The molecule has 0 amide bonds. The van der Waals surface area contributed by atoms with Crippen LogP contribution in [0, 0.1) is 0 Å². The van der Waals surface area contributed by atoms with Gasteiger partial charge in [0.2, 0.25) is 0 Å². The fourth-order valence-corrected chi connectivity index (χ4v) is 2.42. The molecule has 0 saturated heterocycles. The van der Waals surface area contributed by atoms with Crippen molar-refractivity contribution in [3.8, 4) is 0 Å². The van der Waals surface area contributed by atoms with Crippen LogP contribution in [0.1, 0.15) is 54.4 Å². The van der Waals surface area contributed by atoms with E-state index in [1.807, 2.05) is 34.6 Å². The second kappa shape index (κ2) is 16.9. The van der Waals surface area contributed by atoms with Gasteiger partial charge in [-0.15, -0.1) is 11.8 Å². The SMILES string of the molecule is C/C=C\C(=C/C)CS/C=C(\N)C1=CCCC=C1.CC.CC. The molecule has 0 aromatic rings. The van der Waals surface area contributed by atoms with E-state index in [0.29, 0.717) is 0 Å². The highest BCUT2D eigenvalue weighted by Crippen LogP contribution is 2.18. The summed E-state index contributed by atoms with van der Waals surface area (Å²) >= 11 is 1.75. The van der Waals surface area contributed by atoms with Crippen molar-refractivity contribution in [2.24, 2.45) is 5.73 Å². The van der Waals surface area contributed by atoms with Crippen LogP contribution in [0.3, 0.4) is 0 Å². The number of allylic oxidation sites excluding steroid dienone is 6. The number of hydrogen-bond acceptors (Lipinski definition) is 2. The van der Waals surface area contributed by atoms with Gasteiger partial charge in [-0.2, -0.15) is 0 Å². The third-order valence-corrected chi connectivity index (χ3v) is 3.46. The Labute approximate surface area is 136 Å². The highest BCUT2D eigenvalue weighted by molar-refractivity contribution is 8.02. The first-order chi connectivity index (χ1) is 10.3. The first-order valence-electron chi connectivity index (χ1n) is 8.00. The van der Waals surface area contributed by atoms with Crippen molar-refractivity contribution in [2.75, 3.05) is 5.75 Å². The monoisotopic (exact) mass is 307 g/mol. The standard InChI is InChI=1S/C15H21NS.2C2H6/c1-3-8-13(4-2)11-17-12-15(16)14-9-6-5-7-10-14;2*1-2/h3-4,6,8-10,12H,5,7,11,16H2,1-2H3;2*1-2H3/b8-3-,13-4+,15-12-;;. The lowest BCUT2D eigenvalue weighted by atomic mass is 10.1. The zero-order valence-electron chi connectivity index (χ0n) is 14.6. The van der Waals surface area contributed by atoms with Gasteiger partial charge in [0.25, 0.3) is 0 Å². The minimum absolute atomic E-state index is 0.877. The smallest absolute Gasteiger partial charge is 0.0448 e. The molecule has 0 aromatic heterocycles. The van der Waals surface area contributed by atoms with Crippen molar-refractivity contribution >= 4 is 11.8 Å². The zero-order chi connectivity index (χ0) is 16.5. The second-order valence-electron chi connectivity index (χ2n) is 3.89. The molecule has 0 heterocycles. The third-order valence-electron chi connectivity index (χ3n) is 2.54. The van der Waals surface area contributed by atoms with Gasteiger partial charge in [0.15, 0.2) is 0 Å². The Morgan fingerprint density at radius 3 is 2.33 bits per heavy atom. The van der Waals surface area contributed by atoms with Crippen LogP contribution < -0.4 is 5.73 Å². The molecule has 0 aromatic carbocycles. The van der Waals surface area contributed by atoms with Gasteiger partial charge in [-0.1, -0.05) is 64.2 Å². The van der Waals surface area contributed by atoms with Crippen LogP contribution in [0.4, 0.5) is 0 Å². The summed E-state index contributed by atoms with van der Waals surface area (Å²) in [6.07, 6.45) is 15.1. The molecule has 1 rings (SSSR count). The zero-order valence-corrected chi connectivity index (χ0v) is 15.5. The Morgan fingerprint density at radius 1 is 1.19 bits per heavy atom. The van der Waals surface area contributed by atoms with E-state index in [9.17, 15) is 0 Å². The minimum atomic E-state index is 0.877. The van der Waals surface area contributed by atoms with E-state index in [0.717, 1.165) is 29.9 Å². The number of thioether (sulfide) groups is 1. The van der Waals surface area contributed by atoms with Crippen molar-refractivity contribution in [3.63, 3.8) is 0 Å². The maximum Gasteiger partial charge on any atom is 0.0448 e. The predicted octanol–water partition coefficient (Wildman–Crippen LogP) is 6.37. The van der Waals surface area contributed by atoms with Crippen molar-refractivity contribution in [2.45, 2.75) is 54.4 Å². The average Bonchev–Trinajstić information content (AvgIpc) is 2.58. The highest BCUT2D eigenvalue weighted by atomic mass is 32.2. The van der Waals surface area contributed by atoms with Crippen molar-refractivity contribution in [1.29, 1.82) is 0 Å². The molecule has 21 heavy (non-hydrogen) atoms. The molecular formula is C19H33NS. The summed E-state index contributed by atoms with van der Waals surface area (Å²) in [7, 11) is 0. The molecule has 2 N–H and O–H groups in total. The minimum Gasteiger partial charge on any atom is -0.398 e. The lowest BCUT2D eigenvalue weighted by molar-refractivity contribution is 1.02. The van der Waals surface area contributed by atoms with E-state index < -0.39 is 0 Å². The highest BCUT2D eigenvalue weighted by Gasteiger charge is 2.00. The first kappa shape index (κ1) is 22.1. The van der Waals surface area contributed by atoms with Crippen LogP contribution in [0.25, 0.3) is 0 Å². The van der Waals surface area contributed by atoms with E-state index in [1.54, 1.807) is 11.8 Å². The summed E-state index contributed by atoms with van der Waals surface area (Å²) in [5.74, 6) is 0.971. The molecule has 0 atom stereocenters. The molecule has 0 bridgehead atoms. The Kier molecular flexibility index (Phi) is 17.8. The molecule has 2 heteroatoms. The van der Waals surface area contributed by atoms with Gasteiger partial charge in [0, 0.05) is 11.4 Å². The average molecular weight is 308 g/mol. The molecule has 0 spiro atoms. The normalized spacial score (nSPS) is 14.9. The molecule has 0 fully saturated rings. The number of nitrogens with two attached hydrogens (primary N) is 1. The van der Waals surface area contributed by atoms with Crippen LogP contribution in [-0.4, -0.2) is 5.75 Å². The number of rotatable bonds is 5. The van der Waals surface area contributed by atoms with Gasteiger partial charge in [-0.25, -0.2) is 0 Å². The maximum absolute atomic E-state index is 6.03. The molecule has 1 aliphatic carbocycles. The summed E-state index contributed by atoms with van der Waals surface area (Å²) in [5.41, 5.74) is 9.40. The van der Waals surface area contributed by atoms with Crippen molar-refractivity contribution in [3.05, 3.63) is 58.7 Å². The summed E-state index contributed by atoms with van der Waals surface area (Å²) in [5, 5.41) is 2.05. The van der Waals surface area contributed by atoms with E-state index in [2.05, 4.69) is 48.8 Å². The Bertz CT molecular complexity index is 384. The lowest BCUT2D eigenvalue weighted by Crippen LogP contribution is -2.00. The van der Waals surface area contributed by atoms with Crippen molar-refractivity contribution < 1.29 is 0 Å². The molecule has 1 nitrogen and oxygen atoms in total. The Balaban J connectivity index is 0. The Morgan fingerprint density at radius 2 is 1.86 bits per heavy atom. The van der Waals surface area contributed by atoms with Gasteiger partial charge in [-0.05, 0) is 43.2 Å². The quantitative estimate of drug-likeness (QED) is 0.597. The fraction of sp³-hybridized carbons (Fsp3) is 0.474. The number of hydrogen-bond donors (Lipinski definition) is 1. The Hall–Kier alpha value is -1.15. The summed E-state index contributed by atoms with van der Waals surface area (Å²) in [6, 6.07) is 0. The molecule has 0 aliphatic heterocycles. The van der Waals surface area contributed by atoms with Crippen LogP contribution >= 0.6 is 11.8 Å². The van der Waals surface area contributed by atoms with Crippen LogP contribution in [0.15, 0.2) is 58.7 Å². The molecule has 1 aliphatic rings. The largest absolute Gasteiger partial charge is 0.398 e. The predicted molar refractivity (Wildman–Crippen MR) is 102 cm³/mol. The van der Waals surface area contributed by atoms with Crippen molar-refractivity contribution in [1.82, 2.24) is 0 Å². The third kappa shape index (κ3) is 11.2. The van der Waals surface area contributed by atoms with Gasteiger partial charge in [0.1, 0.15) is 0 Å². The molecule has 120 valence electrons. The van der Waals surface area contributed by atoms with Crippen LogP contribution in [-0.2, 0) is 0 Å². The summed E-state index contributed by atoms with van der Waals surface area (Å²) in [4.78, 5) is 0. The second-order valence-corrected chi connectivity index (χ2v) is 4.74. The molecular weight excluding hydrogens is 274 g/mol. The maximum atomic E-state index is 6.03. The van der Waals surface area contributed by atoms with Crippen LogP contribution in [0.2, 0.25) is 0 Å². The molecule has 0 unspecified atom stereocenters. The van der Waals surface area contributed by atoms with Gasteiger partial charge in [-0.3, -0.25) is 0 Å². The fourth-order valence-electron chi connectivity index (χ4n) is 1.56. The van der Waals surface area contributed by atoms with Crippen LogP contribution in [0.5, 0.6) is 0 Å². The summed E-state index contributed by atoms with van der Waals surface area (Å²) in [6.45, 7) is 12.1. The molecule has 0 saturated carbocycles. The molecule has 0 radical (unpaired) electrons. The van der Waals surface area contributed by atoms with E-state index in [-0.39, 0.29) is 0 Å². The lowest BCUT2D eigenvalue weighted by Gasteiger charge is -2.07.